The first-order valence-corrected chi connectivity index (χ1v) is 8.87. The van der Waals surface area contributed by atoms with Crippen LogP contribution in [-0.2, 0) is 9.53 Å². The molecule has 0 aromatic rings. The molecule has 0 saturated carbocycles. The van der Waals surface area contributed by atoms with Crippen molar-refractivity contribution in [2.24, 2.45) is 0 Å². The van der Waals surface area contributed by atoms with Crippen LogP contribution in [0.5, 0.6) is 0 Å². The van der Waals surface area contributed by atoms with Gasteiger partial charge in [0.2, 0.25) is 0 Å². The standard InChI is InChI=1S/C16H24N2O3S/c1-2-3-4-7-10-21-14(19)9-6-5-8-13-15-12(11-22-13)17-16(20)18-15/h2-4,7,12-13,15H,5-6,8-11H2,1H3,(H2,17,18,20). The zero-order chi connectivity index (χ0) is 15.8. The summed E-state index contributed by atoms with van der Waals surface area (Å²) in [7, 11) is 0. The van der Waals surface area contributed by atoms with E-state index in [-0.39, 0.29) is 24.1 Å². The van der Waals surface area contributed by atoms with Gasteiger partial charge in [0.25, 0.3) is 0 Å². The molecule has 2 fully saturated rings. The minimum atomic E-state index is -0.141. The molecule has 2 saturated heterocycles. The number of esters is 1. The molecule has 0 aromatic heterocycles. The number of rotatable bonds is 8. The highest BCUT2D eigenvalue weighted by Gasteiger charge is 2.42. The topological polar surface area (TPSA) is 67.4 Å². The van der Waals surface area contributed by atoms with Crippen LogP contribution in [0.4, 0.5) is 4.79 Å². The summed E-state index contributed by atoms with van der Waals surface area (Å²) >= 11 is 1.91. The summed E-state index contributed by atoms with van der Waals surface area (Å²) in [6, 6.07) is 0.479. The molecular weight excluding hydrogens is 300 g/mol. The summed E-state index contributed by atoms with van der Waals surface area (Å²) in [5.74, 6) is 0.840. The van der Waals surface area contributed by atoms with Crippen molar-refractivity contribution in [2.75, 3.05) is 12.4 Å². The highest BCUT2D eigenvalue weighted by Crippen LogP contribution is 2.33. The lowest BCUT2D eigenvalue weighted by Crippen LogP contribution is -2.36. The quantitative estimate of drug-likeness (QED) is 0.311. The molecule has 2 rings (SSSR count). The average molecular weight is 324 g/mol. The van der Waals surface area contributed by atoms with Crippen molar-refractivity contribution < 1.29 is 14.3 Å². The third-order valence-corrected chi connectivity index (χ3v) is 5.35. The number of unbranched alkanes of at least 4 members (excludes halogenated alkanes) is 1. The molecule has 0 spiro atoms. The van der Waals surface area contributed by atoms with Crippen molar-refractivity contribution in [1.29, 1.82) is 0 Å². The van der Waals surface area contributed by atoms with Gasteiger partial charge in [0.05, 0.1) is 12.1 Å². The van der Waals surface area contributed by atoms with Crippen LogP contribution in [0.1, 0.15) is 32.6 Å². The highest BCUT2D eigenvalue weighted by molar-refractivity contribution is 8.00. The van der Waals surface area contributed by atoms with Crippen LogP contribution < -0.4 is 10.6 Å². The number of carbonyl (C=O) groups is 2. The molecule has 2 aliphatic rings. The summed E-state index contributed by atoms with van der Waals surface area (Å²) in [5.41, 5.74) is 0. The molecule has 0 bridgehead atoms. The maximum absolute atomic E-state index is 11.6. The van der Waals surface area contributed by atoms with Crippen molar-refractivity contribution in [2.45, 2.75) is 49.9 Å². The van der Waals surface area contributed by atoms with Gasteiger partial charge in [0.1, 0.15) is 6.61 Å². The molecule has 3 atom stereocenters. The lowest BCUT2D eigenvalue weighted by atomic mass is 10.0. The van der Waals surface area contributed by atoms with Gasteiger partial charge >= 0.3 is 12.0 Å². The van der Waals surface area contributed by atoms with Crippen molar-refractivity contribution in [3.05, 3.63) is 24.3 Å². The monoisotopic (exact) mass is 324 g/mol. The van der Waals surface area contributed by atoms with Crippen LogP contribution >= 0.6 is 11.8 Å². The van der Waals surface area contributed by atoms with E-state index in [2.05, 4.69) is 10.6 Å². The predicted octanol–water partition coefficient (Wildman–Crippen LogP) is 2.39. The third kappa shape index (κ3) is 5.09. The van der Waals surface area contributed by atoms with E-state index in [0.29, 0.717) is 18.3 Å². The van der Waals surface area contributed by atoms with Gasteiger partial charge in [-0.2, -0.15) is 11.8 Å². The zero-order valence-corrected chi connectivity index (χ0v) is 13.7. The van der Waals surface area contributed by atoms with Crippen LogP contribution in [0.15, 0.2) is 24.3 Å². The zero-order valence-electron chi connectivity index (χ0n) is 12.9. The van der Waals surface area contributed by atoms with Crippen molar-refractivity contribution in [3.8, 4) is 0 Å². The largest absolute Gasteiger partial charge is 0.461 e. The number of nitrogens with one attached hydrogen (secondary N) is 2. The first-order valence-electron chi connectivity index (χ1n) is 7.83. The average Bonchev–Trinajstić information content (AvgIpc) is 3.03. The Hall–Kier alpha value is -1.43. The number of thioether (sulfide) groups is 1. The van der Waals surface area contributed by atoms with E-state index in [4.69, 9.17) is 4.74 Å². The lowest BCUT2D eigenvalue weighted by molar-refractivity contribution is -0.142. The Balaban J connectivity index is 1.54. The molecule has 0 aromatic carbocycles. The Bertz CT molecular complexity index is 451. The van der Waals surface area contributed by atoms with Crippen molar-refractivity contribution >= 4 is 23.8 Å². The molecule has 2 heterocycles. The minimum absolute atomic E-state index is 0.0464. The number of carbonyl (C=O) groups excluding carboxylic acids is 2. The Morgan fingerprint density at radius 2 is 2.23 bits per heavy atom. The van der Waals surface area contributed by atoms with E-state index in [0.717, 1.165) is 25.0 Å². The normalized spacial score (nSPS) is 27.1. The molecule has 3 unspecified atom stereocenters. The second kappa shape index (κ2) is 8.88. The van der Waals surface area contributed by atoms with E-state index in [1.165, 1.54) is 0 Å². The molecule has 0 aliphatic carbocycles. The van der Waals surface area contributed by atoms with Gasteiger partial charge in [-0.3, -0.25) is 4.79 Å². The van der Waals surface area contributed by atoms with Gasteiger partial charge in [-0.1, -0.05) is 24.6 Å². The molecule has 5 nitrogen and oxygen atoms in total. The summed E-state index contributed by atoms with van der Waals surface area (Å²) < 4.78 is 5.11. The van der Waals surface area contributed by atoms with E-state index in [1.54, 1.807) is 0 Å². The summed E-state index contributed by atoms with van der Waals surface area (Å²) in [6.07, 6.45) is 10.8. The summed E-state index contributed by atoms with van der Waals surface area (Å²) in [4.78, 5) is 22.8. The summed E-state index contributed by atoms with van der Waals surface area (Å²) in [5, 5.41) is 6.38. The number of amides is 2. The molecule has 2 amide bonds. The summed E-state index contributed by atoms with van der Waals surface area (Å²) in [6.45, 7) is 2.28. The maximum Gasteiger partial charge on any atom is 0.315 e. The van der Waals surface area contributed by atoms with Crippen molar-refractivity contribution in [3.63, 3.8) is 0 Å². The maximum atomic E-state index is 11.6. The van der Waals surface area contributed by atoms with Crippen LogP contribution in [0, 0.1) is 0 Å². The third-order valence-electron chi connectivity index (χ3n) is 3.84. The Morgan fingerprint density at radius 1 is 1.36 bits per heavy atom. The Labute approximate surface area is 135 Å². The fraction of sp³-hybridized carbons (Fsp3) is 0.625. The molecule has 6 heteroatoms. The molecule has 2 aliphatic heterocycles. The smallest absolute Gasteiger partial charge is 0.315 e. The Kier molecular flexibility index (Phi) is 6.83. The molecule has 22 heavy (non-hydrogen) atoms. The number of hydrogen-bond acceptors (Lipinski definition) is 4. The minimum Gasteiger partial charge on any atom is -0.461 e. The number of allylic oxidation sites excluding steroid dienone is 3. The Morgan fingerprint density at radius 3 is 3.05 bits per heavy atom. The van der Waals surface area contributed by atoms with Crippen LogP contribution in [0.3, 0.4) is 0 Å². The van der Waals surface area contributed by atoms with E-state index in [9.17, 15) is 9.59 Å². The molecular formula is C16H24N2O3S. The van der Waals surface area contributed by atoms with Crippen LogP contribution in [0.2, 0.25) is 0 Å². The molecule has 2 N–H and O–H groups in total. The predicted molar refractivity (Wildman–Crippen MR) is 88.9 cm³/mol. The molecule has 122 valence electrons. The highest BCUT2D eigenvalue weighted by atomic mass is 32.2. The lowest BCUT2D eigenvalue weighted by Gasteiger charge is -2.16. The van der Waals surface area contributed by atoms with Gasteiger partial charge < -0.3 is 15.4 Å². The number of hydrogen-bond donors (Lipinski definition) is 2. The first kappa shape index (κ1) is 16.9. The van der Waals surface area contributed by atoms with E-state index in [1.807, 2.05) is 43.0 Å². The number of fused-ring (bicyclic) bond motifs is 1. The SMILES string of the molecule is CC=CC=CCOC(=O)CCCCC1SCC2NC(=O)NC21. The van der Waals surface area contributed by atoms with E-state index < -0.39 is 0 Å². The number of urea groups is 1. The van der Waals surface area contributed by atoms with Crippen LogP contribution in [0.25, 0.3) is 0 Å². The van der Waals surface area contributed by atoms with Gasteiger partial charge in [-0.25, -0.2) is 4.79 Å². The van der Waals surface area contributed by atoms with E-state index >= 15 is 0 Å². The second-order valence-electron chi connectivity index (χ2n) is 5.50. The van der Waals surface area contributed by atoms with Gasteiger partial charge in [-0.05, 0) is 25.8 Å². The fourth-order valence-electron chi connectivity index (χ4n) is 2.72. The van der Waals surface area contributed by atoms with Crippen LogP contribution in [-0.4, -0.2) is 41.7 Å². The van der Waals surface area contributed by atoms with Gasteiger partial charge in [0, 0.05) is 17.4 Å². The van der Waals surface area contributed by atoms with Gasteiger partial charge in [0.15, 0.2) is 0 Å². The van der Waals surface area contributed by atoms with Gasteiger partial charge in [-0.15, -0.1) is 0 Å². The van der Waals surface area contributed by atoms with Crippen molar-refractivity contribution in [1.82, 2.24) is 10.6 Å². The fourth-order valence-corrected chi connectivity index (χ4v) is 4.26. The first-order chi connectivity index (χ1) is 10.7. The second-order valence-corrected chi connectivity index (χ2v) is 6.78. The number of ether oxygens (including phenoxy) is 1. The molecule has 0 radical (unpaired) electrons.